The SMILES string of the molecule is NN(C(=O)c1ccccc1Cl)c1nc(C(F)(F)F)cs1. The molecule has 0 aliphatic rings. The second kappa shape index (κ2) is 5.39. The normalized spacial score (nSPS) is 11.4. The van der Waals surface area contributed by atoms with Gasteiger partial charge in [-0.25, -0.2) is 15.8 Å². The highest BCUT2D eigenvalue weighted by atomic mass is 35.5. The van der Waals surface area contributed by atoms with Gasteiger partial charge in [-0.05, 0) is 12.1 Å². The van der Waals surface area contributed by atoms with Gasteiger partial charge in [0.15, 0.2) is 5.69 Å². The number of rotatable bonds is 2. The predicted molar refractivity (Wildman–Crippen MR) is 69.6 cm³/mol. The minimum absolute atomic E-state index is 0.0837. The highest BCUT2D eigenvalue weighted by Gasteiger charge is 2.34. The summed E-state index contributed by atoms with van der Waals surface area (Å²) in [7, 11) is 0. The van der Waals surface area contributed by atoms with Crippen LogP contribution in [0.1, 0.15) is 16.1 Å². The highest BCUT2D eigenvalue weighted by Crippen LogP contribution is 2.32. The van der Waals surface area contributed by atoms with Crippen molar-refractivity contribution in [3.05, 3.63) is 45.9 Å². The van der Waals surface area contributed by atoms with E-state index in [0.717, 1.165) is 5.38 Å². The Morgan fingerprint density at radius 3 is 2.55 bits per heavy atom. The summed E-state index contributed by atoms with van der Waals surface area (Å²) in [5.41, 5.74) is -1.01. The fraction of sp³-hybridized carbons (Fsp3) is 0.0909. The maximum Gasteiger partial charge on any atom is 0.434 e. The summed E-state index contributed by atoms with van der Waals surface area (Å²) in [5, 5.41) is 1.22. The molecule has 0 unspecified atom stereocenters. The topological polar surface area (TPSA) is 59.2 Å². The zero-order valence-electron chi connectivity index (χ0n) is 9.69. The summed E-state index contributed by atoms with van der Waals surface area (Å²) in [6.07, 6.45) is -4.58. The molecule has 2 N–H and O–H groups in total. The standard InChI is InChI=1S/C11H7ClF3N3OS/c12-7-4-2-1-3-6(7)9(19)18(16)10-17-8(5-20-10)11(13,14)15/h1-5H,16H2. The van der Waals surface area contributed by atoms with Crippen molar-refractivity contribution in [1.29, 1.82) is 0 Å². The quantitative estimate of drug-likeness (QED) is 0.524. The van der Waals surface area contributed by atoms with E-state index in [1.54, 1.807) is 12.1 Å². The molecule has 20 heavy (non-hydrogen) atoms. The van der Waals surface area contributed by atoms with Crippen LogP contribution < -0.4 is 10.9 Å². The molecule has 2 aromatic rings. The Hall–Kier alpha value is -1.64. The lowest BCUT2D eigenvalue weighted by atomic mass is 10.2. The first kappa shape index (κ1) is 14.8. The molecule has 0 fully saturated rings. The molecule has 1 heterocycles. The average molecular weight is 322 g/mol. The number of aromatic nitrogens is 1. The van der Waals surface area contributed by atoms with E-state index in [0.29, 0.717) is 16.3 Å². The second-order valence-corrected chi connectivity index (χ2v) is 4.91. The van der Waals surface area contributed by atoms with Crippen molar-refractivity contribution in [3.8, 4) is 0 Å². The van der Waals surface area contributed by atoms with Gasteiger partial charge in [0.2, 0.25) is 5.13 Å². The van der Waals surface area contributed by atoms with Crippen LogP contribution in [0.2, 0.25) is 5.02 Å². The summed E-state index contributed by atoms with van der Waals surface area (Å²) in [6.45, 7) is 0. The molecule has 0 spiro atoms. The summed E-state index contributed by atoms with van der Waals surface area (Å²) < 4.78 is 37.3. The van der Waals surface area contributed by atoms with Gasteiger partial charge in [-0.3, -0.25) is 4.79 Å². The summed E-state index contributed by atoms with van der Waals surface area (Å²) in [5.74, 6) is 4.76. The van der Waals surface area contributed by atoms with E-state index >= 15 is 0 Å². The molecule has 2 rings (SSSR count). The van der Waals surface area contributed by atoms with E-state index in [1.807, 2.05) is 0 Å². The van der Waals surface area contributed by atoms with Gasteiger partial charge < -0.3 is 0 Å². The number of hydrogen-bond acceptors (Lipinski definition) is 4. The second-order valence-electron chi connectivity index (χ2n) is 3.67. The third-order valence-corrected chi connectivity index (χ3v) is 3.48. The molecule has 1 aromatic carbocycles. The number of hydrazine groups is 1. The van der Waals surface area contributed by atoms with Crippen molar-refractivity contribution in [3.63, 3.8) is 0 Å². The fourth-order valence-corrected chi connectivity index (χ4v) is 2.32. The first-order chi connectivity index (χ1) is 9.30. The number of nitrogens with two attached hydrogens (primary N) is 1. The van der Waals surface area contributed by atoms with Crippen LogP contribution in [-0.4, -0.2) is 10.9 Å². The summed E-state index contributed by atoms with van der Waals surface area (Å²) in [6, 6.07) is 6.08. The minimum atomic E-state index is -4.58. The van der Waals surface area contributed by atoms with E-state index in [4.69, 9.17) is 17.4 Å². The van der Waals surface area contributed by atoms with Gasteiger partial charge >= 0.3 is 6.18 Å². The van der Waals surface area contributed by atoms with Crippen molar-refractivity contribution < 1.29 is 18.0 Å². The van der Waals surface area contributed by atoms with Gasteiger partial charge in [0.1, 0.15) is 0 Å². The van der Waals surface area contributed by atoms with Crippen LogP contribution in [0.4, 0.5) is 18.3 Å². The van der Waals surface area contributed by atoms with Crippen LogP contribution in [0.5, 0.6) is 0 Å². The molecule has 1 aromatic heterocycles. The minimum Gasteiger partial charge on any atom is -0.267 e. The lowest BCUT2D eigenvalue weighted by Gasteiger charge is -2.13. The summed E-state index contributed by atoms with van der Waals surface area (Å²) >= 11 is 6.45. The maximum atomic E-state index is 12.4. The number of benzene rings is 1. The Morgan fingerprint density at radius 1 is 1.35 bits per heavy atom. The van der Waals surface area contributed by atoms with Crippen molar-refractivity contribution in [2.45, 2.75) is 6.18 Å². The van der Waals surface area contributed by atoms with Crippen LogP contribution in [-0.2, 0) is 6.18 Å². The molecule has 1 amide bonds. The first-order valence-corrected chi connectivity index (χ1v) is 6.43. The number of carbonyl (C=O) groups excluding carboxylic acids is 1. The van der Waals surface area contributed by atoms with Gasteiger partial charge in [-0.15, -0.1) is 11.3 Å². The van der Waals surface area contributed by atoms with Crippen molar-refractivity contribution in [2.75, 3.05) is 5.01 Å². The molecule has 9 heteroatoms. The number of amides is 1. The molecule has 0 aliphatic heterocycles. The van der Waals surface area contributed by atoms with Gasteiger partial charge in [0.05, 0.1) is 10.6 Å². The molecular formula is C11H7ClF3N3OS. The largest absolute Gasteiger partial charge is 0.434 e. The van der Waals surface area contributed by atoms with E-state index in [9.17, 15) is 18.0 Å². The third kappa shape index (κ3) is 2.92. The number of carbonyl (C=O) groups is 1. The number of thiazole rings is 1. The molecule has 4 nitrogen and oxygen atoms in total. The zero-order valence-corrected chi connectivity index (χ0v) is 11.3. The Kier molecular flexibility index (Phi) is 3.98. The number of halogens is 4. The molecule has 0 atom stereocenters. The first-order valence-electron chi connectivity index (χ1n) is 5.17. The van der Waals surface area contributed by atoms with Crippen molar-refractivity contribution in [1.82, 2.24) is 4.98 Å². The van der Waals surface area contributed by atoms with Crippen LogP contribution >= 0.6 is 22.9 Å². The Balaban J connectivity index is 2.28. The zero-order chi connectivity index (χ0) is 14.9. The Bertz CT molecular complexity index is 644. The Morgan fingerprint density at radius 2 is 2.00 bits per heavy atom. The van der Waals surface area contributed by atoms with E-state index in [1.165, 1.54) is 12.1 Å². The molecule has 106 valence electrons. The van der Waals surface area contributed by atoms with Gasteiger partial charge in [0.25, 0.3) is 5.91 Å². The predicted octanol–water partition coefficient (Wildman–Crippen LogP) is 3.34. The number of hydrogen-bond donors (Lipinski definition) is 1. The molecular weight excluding hydrogens is 315 g/mol. The third-order valence-electron chi connectivity index (χ3n) is 2.31. The highest BCUT2D eigenvalue weighted by molar-refractivity contribution is 7.14. The molecule has 0 saturated heterocycles. The van der Waals surface area contributed by atoms with E-state index < -0.39 is 17.8 Å². The average Bonchev–Trinajstić information content (AvgIpc) is 2.87. The van der Waals surface area contributed by atoms with E-state index in [2.05, 4.69) is 4.98 Å². The van der Waals surface area contributed by atoms with Crippen LogP contribution in [0, 0.1) is 0 Å². The maximum absolute atomic E-state index is 12.4. The van der Waals surface area contributed by atoms with Crippen LogP contribution in [0.3, 0.4) is 0 Å². The molecule has 0 aliphatic carbocycles. The number of alkyl halides is 3. The lowest BCUT2D eigenvalue weighted by Crippen LogP contribution is -2.37. The lowest BCUT2D eigenvalue weighted by molar-refractivity contribution is -0.140. The summed E-state index contributed by atoms with van der Waals surface area (Å²) in [4.78, 5) is 15.3. The van der Waals surface area contributed by atoms with Gasteiger partial charge in [-0.2, -0.15) is 13.2 Å². The van der Waals surface area contributed by atoms with E-state index in [-0.39, 0.29) is 15.7 Å². The van der Waals surface area contributed by atoms with Gasteiger partial charge in [-0.1, -0.05) is 23.7 Å². The van der Waals surface area contributed by atoms with Gasteiger partial charge in [0, 0.05) is 5.38 Å². The van der Waals surface area contributed by atoms with Crippen molar-refractivity contribution in [2.24, 2.45) is 5.84 Å². The molecule has 0 radical (unpaired) electrons. The number of anilines is 1. The fourth-order valence-electron chi connectivity index (χ4n) is 1.36. The smallest absolute Gasteiger partial charge is 0.267 e. The Labute approximate surface area is 120 Å². The van der Waals surface area contributed by atoms with Crippen LogP contribution in [0.15, 0.2) is 29.6 Å². The van der Waals surface area contributed by atoms with Crippen molar-refractivity contribution >= 4 is 34.0 Å². The van der Waals surface area contributed by atoms with Crippen LogP contribution in [0.25, 0.3) is 0 Å². The number of nitrogens with zero attached hydrogens (tertiary/aromatic N) is 2. The molecule has 0 saturated carbocycles. The molecule has 0 bridgehead atoms. The monoisotopic (exact) mass is 321 g/mol.